The minimum atomic E-state index is -0.169. The van der Waals surface area contributed by atoms with Crippen molar-refractivity contribution in [3.8, 4) is 5.75 Å². The van der Waals surface area contributed by atoms with E-state index < -0.39 is 0 Å². The number of rotatable bonds is 4. The van der Waals surface area contributed by atoms with Gasteiger partial charge in [0.15, 0.2) is 0 Å². The molecule has 0 saturated heterocycles. The summed E-state index contributed by atoms with van der Waals surface area (Å²) in [7, 11) is 1.58. The van der Waals surface area contributed by atoms with E-state index in [0.717, 1.165) is 10.0 Å². The first-order valence-electron chi connectivity index (χ1n) is 6.09. The van der Waals surface area contributed by atoms with Gasteiger partial charge in [-0.25, -0.2) is 0 Å². The number of nitrogen functional groups attached to an aromatic ring is 1. The fraction of sp³-hybridized carbons (Fsp3) is 0.133. The molecular formula is C15H15BrN2O2. The minimum absolute atomic E-state index is 0.169. The molecule has 0 aliphatic rings. The second-order valence-electron chi connectivity index (χ2n) is 4.25. The average Bonchev–Trinajstić information content (AvgIpc) is 2.45. The molecule has 104 valence electrons. The third-order valence-electron chi connectivity index (χ3n) is 2.79. The molecule has 0 bridgehead atoms. The first kappa shape index (κ1) is 14.4. The number of anilines is 1. The van der Waals surface area contributed by atoms with Crippen molar-refractivity contribution in [1.29, 1.82) is 0 Å². The number of carbonyl (C=O) groups excluding carboxylic acids is 1. The lowest BCUT2D eigenvalue weighted by molar-refractivity contribution is 0.0962. The number of nitrogens with one attached hydrogen (secondary N) is 1. The van der Waals surface area contributed by atoms with Crippen LogP contribution in [0.2, 0.25) is 0 Å². The van der Waals surface area contributed by atoms with Gasteiger partial charge in [-0.05, 0) is 35.9 Å². The lowest BCUT2D eigenvalue weighted by Crippen LogP contribution is -2.17. The van der Waals surface area contributed by atoms with Gasteiger partial charge in [0.1, 0.15) is 12.4 Å². The molecule has 1 amide bonds. The van der Waals surface area contributed by atoms with Crippen LogP contribution >= 0.6 is 15.9 Å². The third kappa shape index (κ3) is 3.51. The molecule has 0 heterocycles. The van der Waals surface area contributed by atoms with E-state index in [-0.39, 0.29) is 5.91 Å². The Morgan fingerprint density at radius 2 is 2.10 bits per heavy atom. The van der Waals surface area contributed by atoms with Crippen LogP contribution in [0.1, 0.15) is 15.9 Å². The fourth-order valence-electron chi connectivity index (χ4n) is 1.73. The molecule has 2 aromatic carbocycles. The smallest absolute Gasteiger partial charge is 0.251 e. The van der Waals surface area contributed by atoms with Crippen molar-refractivity contribution in [2.24, 2.45) is 0 Å². The van der Waals surface area contributed by atoms with Gasteiger partial charge in [-0.2, -0.15) is 0 Å². The van der Waals surface area contributed by atoms with Crippen LogP contribution < -0.4 is 15.8 Å². The molecule has 2 rings (SSSR count). The second kappa shape index (κ2) is 6.43. The molecule has 20 heavy (non-hydrogen) atoms. The summed E-state index contributed by atoms with van der Waals surface area (Å²) in [4.78, 5) is 11.6. The zero-order valence-corrected chi connectivity index (χ0v) is 12.6. The Morgan fingerprint density at radius 3 is 2.80 bits per heavy atom. The molecule has 0 fully saturated rings. The van der Waals surface area contributed by atoms with Crippen LogP contribution in [0, 0.1) is 0 Å². The average molecular weight is 335 g/mol. The SMILES string of the molecule is CNC(=O)c1ccc(N)c(OCc2cccc(Br)c2)c1. The molecule has 0 saturated carbocycles. The highest BCUT2D eigenvalue weighted by Gasteiger charge is 2.08. The van der Waals surface area contributed by atoms with Gasteiger partial charge in [0.25, 0.3) is 5.91 Å². The zero-order valence-electron chi connectivity index (χ0n) is 11.0. The molecule has 0 aliphatic heterocycles. The highest BCUT2D eigenvalue weighted by molar-refractivity contribution is 9.10. The van der Waals surface area contributed by atoms with Crippen molar-refractivity contribution < 1.29 is 9.53 Å². The van der Waals surface area contributed by atoms with Gasteiger partial charge in [0.05, 0.1) is 5.69 Å². The first-order chi connectivity index (χ1) is 9.60. The Labute approximate surface area is 126 Å². The third-order valence-corrected chi connectivity index (χ3v) is 3.28. The highest BCUT2D eigenvalue weighted by Crippen LogP contribution is 2.24. The van der Waals surface area contributed by atoms with Crippen LogP contribution in [0.4, 0.5) is 5.69 Å². The van der Waals surface area contributed by atoms with E-state index in [1.54, 1.807) is 25.2 Å². The Kier molecular flexibility index (Phi) is 4.63. The number of hydrogen-bond acceptors (Lipinski definition) is 3. The normalized spacial score (nSPS) is 10.1. The Balaban J connectivity index is 2.14. The summed E-state index contributed by atoms with van der Waals surface area (Å²) in [6, 6.07) is 12.8. The molecule has 2 aromatic rings. The lowest BCUT2D eigenvalue weighted by atomic mass is 10.1. The van der Waals surface area contributed by atoms with E-state index in [1.165, 1.54) is 0 Å². The van der Waals surface area contributed by atoms with Crippen LogP contribution in [0.15, 0.2) is 46.9 Å². The summed E-state index contributed by atoms with van der Waals surface area (Å²) in [5, 5.41) is 2.57. The molecule has 3 N–H and O–H groups in total. The fourth-order valence-corrected chi connectivity index (χ4v) is 2.18. The summed E-state index contributed by atoms with van der Waals surface area (Å²) in [6.07, 6.45) is 0. The van der Waals surface area contributed by atoms with Crippen LogP contribution in [-0.4, -0.2) is 13.0 Å². The standard InChI is InChI=1S/C15H15BrN2O2/c1-18-15(19)11-5-6-13(17)14(8-11)20-9-10-3-2-4-12(16)7-10/h2-8H,9,17H2,1H3,(H,18,19). The minimum Gasteiger partial charge on any atom is -0.487 e. The Bertz CT molecular complexity index is 629. The van der Waals surface area contributed by atoms with Crippen LogP contribution in [-0.2, 0) is 6.61 Å². The second-order valence-corrected chi connectivity index (χ2v) is 5.17. The molecule has 0 unspecified atom stereocenters. The molecule has 0 spiro atoms. The van der Waals surface area contributed by atoms with E-state index in [4.69, 9.17) is 10.5 Å². The van der Waals surface area contributed by atoms with Crippen LogP contribution in [0.5, 0.6) is 5.75 Å². The Hall–Kier alpha value is -2.01. The van der Waals surface area contributed by atoms with E-state index in [9.17, 15) is 4.79 Å². The maximum Gasteiger partial charge on any atom is 0.251 e. The van der Waals surface area contributed by atoms with E-state index in [2.05, 4.69) is 21.2 Å². The van der Waals surface area contributed by atoms with Gasteiger partial charge < -0.3 is 15.8 Å². The van der Waals surface area contributed by atoms with Crippen molar-refractivity contribution in [2.75, 3.05) is 12.8 Å². The predicted octanol–water partition coefficient (Wildman–Crippen LogP) is 2.97. The largest absolute Gasteiger partial charge is 0.487 e. The molecule has 0 atom stereocenters. The molecule has 5 heteroatoms. The highest BCUT2D eigenvalue weighted by atomic mass is 79.9. The van der Waals surface area contributed by atoms with Gasteiger partial charge in [-0.15, -0.1) is 0 Å². The molecule has 0 aromatic heterocycles. The molecule has 4 nitrogen and oxygen atoms in total. The summed E-state index contributed by atoms with van der Waals surface area (Å²) < 4.78 is 6.68. The van der Waals surface area contributed by atoms with Crippen molar-refractivity contribution >= 4 is 27.5 Å². The topological polar surface area (TPSA) is 64.4 Å². The number of hydrogen-bond donors (Lipinski definition) is 2. The van der Waals surface area contributed by atoms with Crippen LogP contribution in [0.25, 0.3) is 0 Å². The maximum absolute atomic E-state index is 11.6. The number of nitrogens with two attached hydrogens (primary N) is 1. The van der Waals surface area contributed by atoms with Gasteiger partial charge >= 0.3 is 0 Å². The maximum atomic E-state index is 11.6. The number of halogens is 1. The van der Waals surface area contributed by atoms with Gasteiger partial charge in [-0.3, -0.25) is 4.79 Å². The molecular weight excluding hydrogens is 320 g/mol. The predicted molar refractivity (Wildman–Crippen MR) is 82.7 cm³/mol. The van der Waals surface area contributed by atoms with Crippen molar-refractivity contribution in [3.63, 3.8) is 0 Å². The van der Waals surface area contributed by atoms with E-state index in [0.29, 0.717) is 23.6 Å². The van der Waals surface area contributed by atoms with Crippen LogP contribution in [0.3, 0.4) is 0 Å². The summed E-state index contributed by atoms with van der Waals surface area (Å²) in [6.45, 7) is 0.390. The first-order valence-corrected chi connectivity index (χ1v) is 6.88. The van der Waals surface area contributed by atoms with E-state index in [1.807, 2.05) is 24.3 Å². The molecule has 0 aliphatic carbocycles. The summed E-state index contributed by atoms with van der Waals surface area (Å²) >= 11 is 3.41. The van der Waals surface area contributed by atoms with E-state index >= 15 is 0 Å². The van der Waals surface area contributed by atoms with Crippen molar-refractivity contribution in [2.45, 2.75) is 6.61 Å². The van der Waals surface area contributed by atoms with Crippen molar-refractivity contribution in [3.05, 3.63) is 58.1 Å². The quantitative estimate of drug-likeness (QED) is 0.845. The number of amides is 1. The molecule has 0 radical (unpaired) electrons. The summed E-state index contributed by atoms with van der Waals surface area (Å²) in [5.74, 6) is 0.336. The number of benzene rings is 2. The van der Waals surface area contributed by atoms with Gasteiger partial charge in [0.2, 0.25) is 0 Å². The van der Waals surface area contributed by atoms with Gasteiger partial charge in [0, 0.05) is 17.1 Å². The summed E-state index contributed by atoms with van der Waals surface area (Å²) in [5.41, 5.74) is 7.90. The number of carbonyl (C=O) groups is 1. The number of ether oxygens (including phenoxy) is 1. The van der Waals surface area contributed by atoms with Crippen molar-refractivity contribution in [1.82, 2.24) is 5.32 Å². The van der Waals surface area contributed by atoms with Gasteiger partial charge in [-0.1, -0.05) is 28.1 Å². The zero-order chi connectivity index (χ0) is 14.5. The Morgan fingerprint density at radius 1 is 1.30 bits per heavy atom. The monoisotopic (exact) mass is 334 g/mol. The lowest BCUT2D eigenvalue weighted by Gasteiger charge is -2.10.